The van der Waals surface area contributed by atoms with Gasteiger partial charge in [0.25, 0.3) is 0 Å². The highest BCUT2D eigenvalue weighted by atomic mass is 127. The molecule has 0 heterocycles. The van der Waals surface area contributed by atoms with Gasteiger partial charge in [0.15, 0.2) is 11.7 Å². The van der Waals surface area contributed by atoms with Crippen LogP contribution in [0.3, 0.4) is 0 Å². The summed E-state index contributed by atoms with van der Waals surface area (Å²) in [6.45, 7) is 1.80. The van der Waals surface area contributed by atoms with Crippen molar-refractivity contribution < 1.29 is 14.3 Å². The van der Waals surface area contributed by atoms with Gasteiger partial charge in [-0.1, -0.05) is 34.8 Å². The van der Waals surface area contributed by atoms with Gasteiger partial charge in [-0.25, -0.2) is 4.99 Å². The average molecular weight is 554 g/mol. The van der Waals surface area contributed by atoms with Crippen LogP contribution in [-0.2, 0) is 9.53 Å². The molecule has 0 spiro atoms. The maximum Gasteiger partial charge on any atom is 0.243 e. The molecule has 0 bridgehead atoms. The molecule has 1 aromatic carbocycles. The molecule has 0 saturated heterocycles. The van der Waals surface area contributed by atoms with Gasteiger partial charge < -0.3 is 25.0 Å². The molecule has 0 aliphatic heterocycles. The van der Waals surface area contributed by atoms with Crippen molar-refractivity contribution in [1.29, 1.82) is 0 Å². The van der Waals surface area contributed by atoms with Crippen molar-refractivity contribution in [2.24, 2.45) is 4.99 Å². The Morgan fingerprint density at radius 1 is 1.11 bits per heavy atom. The lowest BCUT2D eigenvalue weighted by molar-refractivity contribution is -0.127. The number of hydrogen-bond donors (Lipinski definition) is 2. The lowest BCUT2D eigenvalue weighted by Gasteiger charge is -2.15. The van der Waals surface area contributed by atoms with Crippen LogP contribution in [0.4, 0.5) is 0 Å². The molecule has 0 aliphatic rings. The summed E-state index contributed by atoms with van der Waals surface area (Å²) in [6, 6.07) is 3.12. The summed E-state index contributed by atoms with van der Waals surface area (Å²) >= 11 is 18.0. The number of nitrogens with zero attached hydrogens (tertiary/aromatic N) is 2. The number of rotatable bonds is 9. The zero-order valence-electron chi connectivity index (χ0n) is 15.4. The molecule has 0 atom stereocenters. The minimum Gasteiger partial charge on any atom is -0.489 e. The second-order valence-electron chi connectivity index (χ2n) is 5.35. The quantitative estimate of drug-likeness (QED) is 0.213. The van der Waals surface area contributed by atoms with Crippen LogP contribution in [0.1, 0.15) is 0 Å². The fraction of sp³-hybridized carbons (Fsp3) is 0.500. The second kappa shape index (κ2) is 14.3. The molecule has 0 aromatic heterocycles. The summed E-state index contributed by atoms with van der Waals surface area (Å²) in [5.41, 5.74) is 0. The van der Waals surface area contributed by atoms with Crippen LogP contribution in [-0.4, -0.2) is 70.8 Å². The average Bonchev–Trinajstić information content (AvgIpc) is 2.57. The third kappa shape index (κ3) is 10.4. The molecule has 0 aliphatic carbocycles. The Kier molecular flexibility index (Phi) is 14.0. The van der Waals surface area contributed by atoms with E-state index in [1.165, 1.54) is 4.90 Å². The maximum absolute atomic E-state index is 11.7. The monoisotopic (exact) mass is 552 g/mol. The molecule has 0 unspecified atom stereocenters. The van der Waals surface area contributed by atoms with Gasteiger partial charge >= 0.3 is 0 Å². The number of amides is 1. The standard InChI is InChI=1S/C16H23Cl3N4O3.HI/c1-23(2)14(24)10-22-16(20-4-6-25-3)21-5-7-26-15-12(18)8-11(17)9-13(15)19;/h8-9H,4-7,10H2,1-3H3,(H2,20,21,22);1H. The van der Waals surface area contributed by atoms with Crippen molar-refractivity contribution in [3.05, 3.63) is 27.2 Å². The Labute approximate surface area is 191 Å². The lowest BCUT2D eigenvalue weighted by Crippen LogP contribution is -2.41. The van der Waals surface area contributed by atoms with Crippen molar-refractivity contribution in [3.63, 3.8) is 0 Å². The van der Waals surface area contributed by atoms with Gasteiger partial charge in [-0.05, 0) is 12.1 Å². The van der Waals surface area contributed by atoms with Crippen molar-refractivity contribution in [3.8, 4) is 5.75 Å². The Morgan fingerprint density at radius 2 is 1.67 bits per heavy atom. The number of ether oxygens (including phenoxy) is 2. The number of guanidine groups is 1. The number of benzene rings is 1. The predicted octanol–water partition coefficient (Wildman–Crippen LogP) is 2.91. The number of hydrogen-bond acceptors (Lipinski definition) is 4. The number of aliphatic imine (C=N–C) groups is 1. The minimum absolute atomic E-state index is 0. The van der Waals surface area contributed by atoms with Crippen molar-refractivity contribution in [1.82, 2.24) is 15.5 Å². The molecule has 0 fully saturated rings. The molecule has 2 N–H and O–H groups in total. The van der Waals surface area contributed by atoms with Crippen LogP contribution in [0, 0.1) is 0 Å². The molecule has 1 aromatic rings. The van der Waals surface area contributed by atoms with Crippen molar-refractivity contribution in [2.45, 2.75) is 0 Å². The molecule has 1 rings (SSSR count). The summed E-state index contributed by atoms with van der Waals surface area (Å²) in [5, 5.41) is 7.25. The van der Waals surface area contributed by atoms with Gasteiger partial charge in [0.2, 0.25) is 5.91 Å². The van der Waals surface area contributed by atoms with E-state index in [2.05, 4.69) is 15.6 Å². The Morgan fingerprint density at radius 3 is 2.19 bits per heavy atom. The van der Waals surface area contributed by atoms with Crippen LogP contribution < -0.4 is 15.4 Å². The van der Waals surface area contributed by atoms with E-state index in [-0.39, 0.29) is 43.0 Å². The summed E-state index contributed by atoms with van der Waals surface area (Å²) in [4.78, 5) is 17.4. The Bertz CT molecular complexity index is 610. The summed E-state index contributed by atoms with van der Waals surface area (Å²) in [7, 11) is 4.96. The van der Waals surface area contributed by atoms with E-state index in [0.717, 1.165) is 0 Å². The Balaban J connectivity index is 0.00000676. The number of likely N-dealkylation sites (N-methyl/N-ethyl adjacent to an activating group) is 1. The molecule has 154 valence electrons. The normalized spacial score (nSPS) is 10.8. The highest BCUT2D eigenvalue weighted by Crippen LogP contribution is 2.35. The van der Waals surface area contributed by atoms with Gasteiger partial charge in [0.05, 0.1) is 23.2 Å². The summed E-state index contributed by atoms with van der Waals surface area (Å²) in [6.07, 6.45) is 0. The third-order valence-electron chi connectivity index (χ3n) is 3.07. The lowest BCUT2D eigenvalue weighted by atomic mass is 10.3. The van der Waals surface area contributed by atoms with Gasteiger partial charge in [-0.15, -0.1) is 24.0 Å². The highest BCUT2D eigenvalue weighted by Gasteiger charge is 2.09. The number of methoxy groups -OCH3 is 1. The first kappa shape index (κ1) is 26.3. The SMILES string of the molecule is COCCNC(=NCC(=O)N(C)C)NCCOc1c(Cl)cc(Cl)cc1Cl.I. The number of carbonyl (C=O) groups excluding carboxylic acids is 1. The largest absolute Gasteiger partial charge is 0.489 e. The fourth-order valence-corrected chi connectivity index (χ4v) is 2.65. The van der Waals surface area contributed by atoms with E-state index < -0.39 is 0 Å². The fourth-order valence-electron chi connectivity index (χ4n) is 1.72. The first-order valence-electron chi connectivity index (χ1n) is 7.83. The van der Waals surface area contributed by atoms with E-state index in [9.17, 15) is 4.79 Å². The van der Waals surface area contributed by atoms with Gasteiger partial charge in [-0.2, -0.15) is 0 Å². The first-order chi connectivity index (χ1) is 12.3. The molecular formula is C16H24Cl3IN4O3. The number of halogens is 4. The van der Waals surface area contributed by atoms with E-state index in [1.54, 1.807) is 33.3 Å². The molecule has 27 heavy (non-hydrogen) atoms. The summed E-state index contributed by atoms with van der Waals surface area (Å²) < 4.78 is 10.6. The van der Waals surface area contributed by atoms with Crippen LogP contribution >= 0.6 is 58.8 Å². The molecule has 1 amide bonds. The van der Waals surface area contributed by atoms with E-state index in [0.29, 0.717) is 46.5 Å². The number of carbonyl (C=O) groups is 1. The number of nitrogens with one attached hydrogen (secondary N) is 2. The first-order valence-corrected chi connectivity index (χ1v) is 8.97. The van der Waals surface area contributed by atoms with Gasteiger partial charge in [0, 0.05) is 32.8 Å². The summed E-state index contributed by atoms with van der Waals surface area (Å²) in [5.74, 6) is 0.746. The molecule has 0 radical (unpaired) electrons. The molecule has 7 nitrogen and oxygen atoms in total. The predicted molar refractivity (Wildman–Crippen MR) is 121 cm³/mol. The van der Waals surface area contributed by atoms with E-state index in [4.69, 9.17) is 44.3 Å². The van der Waals surface area contributed by atoms with Crippen LogP contribution in [0.5, 0.6) is 5.75 Å². The molecule has 0 saturated carbocycles. The van der Waals surface area contributed by atoms with Crippen LogP contribution in [0.15, 0.2) is 17.1 Å². The highest BCUT2D eigenvalue weighted by molar-refractivity contribution is 14.0. The Hall–Kier alpha value is -0.680. The van der Waals surface area contributed by atoms with Gasteiger partial charge in [0.1, 0.15) is 13.2 Å². The van der Waals surface area contributed by atoms with E-state index >= 15 is 0 Å². The second-order valence-corrected chi connectivity index (χ2v) is 6.60. The van der Waals surface area contributed by atoms with Crippen molar-refractivity contribution >= 4 is 70.6 Å². The zero-order valence-corrected chi connectivity index (χ0v) is 19.9. The third-order valence-corrected chi connectivity index (χ3v) is 3.85. The smallest absolute Gasteiger partial charge is 0.243 e. The topological polar surface area (TPSA) is 75.2 Å². The zero-order chi connectivity index (χ0) is 19.5. The van der Waals surface area contributed by atoms with Crippen LogP contribution in [0.2, 0.25) is 15.1 Å². The van der Waals surface area contributed by atoms with E-state index in [1.807, 2.05) is 0 Å². The molecule has 11 heteroatoms. The molecular weight excluding hydrogens is 529 g/mol. The van der Waals surface area contributed by atoms with Gasteiger partial charge in [-0.3, -0.25) is 4.79 Å². The maximum atomic E-state index is 11.7. The van der Waals surface area contributed by atoms with Crippen molar-refractivity contribution in [2.75, 3.05) is 54.1 Å². The van der Waals surface area contributed by atoms with Crippen LogP contribution in [0.25, 0.3) is 0 Å². The minimum atomic E-state index is -0.103.